The molecule has 0 spiro atoms. The molecular formula is C10H12O2. The van der Waals surface area contributed by atoms with Gasteiger partial charge in [-0.25, -0.2) is 4.79 Å². The number of carbonyl (C=O) groups excluding carboxylic acids is 1. The van der Waals surface area contributed by atoms with Gasteiger partial charge < -0.3 is 4.74 Å². The number of hydrogen-bond donors (Lipinski definition) is 0. The van der Waals surface area contributed by atoms with Gasteiger partial charge in [-0.05, 0) is 30.3 Å². The molecule has 0 amide bonds. The molecule has 0 aliphatic heterocycles. The molecule has 0 saturated heterocycles. The smallest absolute Gasteiger partial charge is 0.337 e. The number of hydrogen-bond acceptors (Lipinski definition) is 2. The van der Waals surface area contributed by atoms with Crippen molar-refractivity contribution in [1.82, 2.24) is 0 Å². The topological polar surface area (TPSA) is 26.3 Å². The lowest BCUT2D eigenvalue weighted by Gasteiger charge is -2.12. The molecule has 2 rings (SSSR count). The Labute approximate surface area is 71.9 Å². The zero-order valence-corrected chi connectivity index (χ0v) is 7.17. The van der Waals surface area contributed by atoms with Crippen molar-refractivity contribution in [1.29, 1.82) is 0 Å². The third-order valence-corrected chi connectivity index (χ3v) is 2.75. The monoisotopic (exact) mass is 164 g/mol. The van der Waals surface area contributed by atoms with E-state index in [1.165, 1.54) is 13.5 Å². The van der Waals surface area contributed by atoms with Crippen molar-refractivity contribution in [3.8, 4) is 0 Å². The molecular weight excluding hydrogens is 152 g/mol. The van der Waals surface area contributed by atoms with Crippen LogP contribution in [0.15, 0.2) is 23.8 Å². The Morgan fingerprint density at radius 3 is 3.17 bits per heavy atom. The van der Waals surface area contributed by atoms with E-state index >= 15 is 0 Å². The Morgan fingerprint density at radius 2 is 2.50 bits per heavy atom. The summed E-state index contributed by atoms with van der Waals surface area (Å²) in [5.41, 5.74) is 1.69. The molecule has 0 radical (unpaired) electrons. The number of ether oxygens (including phenoxy) is 1. The van der Waals surface area contributed by atoms with Crippen molar-refractivity contribution in [2.45, 2.75) is 12.8 Å². The largest absolute Gasteiger partial charge is 0.465 e. The van der Waals surface area contributed by atoms with Gasteiger partial charge in [0.25, 0.3) is 0 Å². The highest BCUT2D eigenvalue weighted by Crippen LogP contribution is 2.51. The van der Waals surface area contributed by atoms with E-state index < -0.39 is 0 Å². The third-order valence-electron chi connectivity index (χ3n) is 2.75. The van der Waals surface area contributed by atoms with E-state index in [4.69, 9.17) is 0 Å². The van der Waals surface area contributed by atoms with Crippen LogP contribution in [0.4, 0.5) is 0 Å². The van der Waals surface area contributed by atoms with E-state index in [0.29, 0.717) is 11.5 Å². The second-order valence-corrected chi connectivity index (χ2v) is 3.47. The summed E-state index contributed by atoms with van der Waals surface area (Å²) in [5.74, 6) is 1.11. The van der Waals surface area contributed by atoms with E-state index in [9.17, 15) is 4.79 Å². The van der Waals surface area contributed by atoms with Crippen LogP contribution in [0.25, 0.3) is 0 Å². The first-order chi connectivity index (χ1) is 5.74. The highest BCUT2D eigenvalue weighted by molar-refractivity contribution is 5.93. The van der Waals surface area contributed by atoms with Gasteiger partial charge in [0.1, 0.15) is 0 Å². The van der Waals surface area contributed by atoms with Crippen molar-refractivity contribution in [3.63, 3.8) is 0 Å². The fraction of sp³-hybridized carbons (Fsp3) is 0.500. The molecule has 0 aromatic heterocycles. The zero-order valence-electron chi connectivity index (χ0n) is 7.17. The molecule has 2 atom stereocenters. The van der Waals surface area contributed by atoms with Crippen LogP contribution < -0.4 is 0 Å². The number of esters is 1. The first-order valence-corrected chi connectivity index (χ1v) is 4.21. The summed E-state index contributed by atoms with van der Waals surface area (Å²) in [7, 11) is 1.41. The van der Waals surface area contributed by atoms with Crippen LogP contribution in [-0.4, -0.2) is 13.1 Å². The molecule has 2 aliphatic carbocycles. The van der Waals surface area contributed by atoms with Crippen LogP contribution in [0.5, 0.6) is 0 Å². The predicted molar refractivity (Wildman–Crippen MR) is 45.5 cm³/mol. The molecule has 0 aromatic carbocycles. The lowest BCUT2D eigenvalue weighted by Crippen LogP contribution is -2.11. The van der Waals surface area contributed by atoms with E-state index in [0.717, 1.165) is 17.9 Å². The van der Waals surface area contributed by atoms with E-state index in [1.54, 1.807) is 0 Å². The molecule has 2 heteroatoms. The van der Waals surface area contributed by atoms with Gasteiger partial charge in [-0.3, -0.25) is 0 Å². The Morgan fingerprint density at radius 1 is 1.75 bits per heavy atom. The van der Waals surface area contributed by atoms with Gasteiger partial charge in [-0.1, -0.05) is 12.7 Å². The first kappa shape index (κ1) is 7.59. The molecule has 2 aliphatic rings. The van der Waals surface area contributed by atoms with E-state index in [1.807, 2.05) is 6.08 Å². The maximum absolute atomic E-state index is 11.2. The van der Waals surface area contributed by atoms with Crippen molar-refractivity contribution in [3.05, 3.63) is 23.8 Å². The molecule has 0 heterocycles. The van der Waals surface area contributed by atoms with E-state index in [-0.39, 0.29) is 5.97 Å². The quantitative estimate of drug-likeness (QED) is 0.551. The van der Waals surface area contributed by atoms with Crippen LogP contribution in [0.2, 0.25) is 0 Å². The summed E-state index contributed by atoms with van der Waals surface area (Å²) in [4.78, 5) is 11.2. The van der Waals surface area contributed by atoms with Gasteiger partial charge in [0.05, 0.1) is 12.7 Å². The Hall–Kier alpha value is -1.05. The summed E-state index contributed by atoms with van der Waals surface area (Å²) < 4.78 is 4.66. The Balaban J connectivity index is 2.20. The fourth-order valence-electron chi connectivity index (χ4n) is 1.86. The van der Waals surface area contributed by atoms with Crippen molar-refractivity contribution in [2.75, 3.05) is 7.11 Å². The fourth-order valence-corrected chi connectivity index (χ4v) is 1.86. The molecule has 1 fully saturated rings. The average molecular weight is 164 g/mol. The zero-order chi connectivity index (χ0) is 8.72. The summed E-state index contributed by atoms with van der Waals surface area (Å²) in [6, 6.07) is 0. The second kappa shape index (κ2) is 2.47. The van der Waals surface area contributed by atoms with Gasteiger partial charge in [0, 0.05) is 0 Å². The second-order valence-electron chi connectivity index (χ2n) is 3.47. The number of rotatable bonds is 1. The average Bonchev–Trinajstić information content (AvgIpc) is 2.83. The summed E-state index contributed by atoms with van der Waals surface area (Å²) in [6.07, 6.45) is 4.19. The standard InChI is InChI=1S/C10H12O2/c1-6-8(10(11)12-2)4-3-7-5-9(6)7/h4,7,9H,1,3,5H2,2H3. The van der Waals surface area contributed by atoms with Gasteiger partial charge in [0.15, 0.2) is 0 Å². The van der Waals surface area contributed by atoms with Gasteiger partial charge in [-0.2, -0.15) is 0 Å². The van der Waals surface area contributed by atoms with Crippen LogP contribution in [0.3, 0.4) is 0 Å². The van der Waals surface area contributed by atoms with Crippen LogP contribution >= 0.6 is 0 Å². The summed E-state index contributed by atoms with van der Waals surface area (Å²) >= 11 is 0. The molecule has 12 heavy (non-hydrogen) atoms. The maximum Gasteiger partial charge on any atom is 0.337 e. The normalized spacial score (nSPS) is 32.1. The summed E-state index contributed by atoms with van der Waals surface area (Å²) in [5, 5.41) is 0. The van der Waals surface area contributed by atoms with Crippen LogP contribution in [-0.2, 0) is 9.53 Å². The Kier molecular flexibility index (Phi) is 1.56. The number of allylic oxidation sites excluding steroid dienone is 1. The van der Waals surface area contributed by atoms with Gasteiger partial charge in [-0.15, -0.1) is 0 Å². The van der Waals surface area contributed by atoms with Gasteiger partial charge in [0.2, 0.25) is 0 Å². The number of methoxy groups -OCH3 is 1. The number of carbonyl (C=O) groups is 1. The lowest BCUT2D eigenvalue weighted by atomic mass is 9.95. The molecule has 0 aromatic rings. The summed E-state index contributed by atoms with van der Waals surface area (Å²) in [6.45, 7) is 3.92. The molecule has 64 valence electrons. The van der Waals surface area contributed by atoms with Gasteiger partial charge >= 0.3 is 5.97 Å². The van der Waals surface area contributed by atoms with Crippen LogP contribution in [0, 0.1) is 11.8 Å². The minimum Gasteiger partial charge on any atom is -0.465 e. The number of fused-ring (bicyclic) bond motifs is 1. The van der Waals surface area contributed by atoms with Crippen molar-refractivity contribution in [2.24, 2.45) is 11.8 Å². The molecule has 2 nitrogen and oxygen atoms in total. The minimum absolute atomic E-state index is 0.231. The molecule has 0 bridgehead atoms. The minimum atomic E-state index is -0.231. The Bertz CT molecular complexity index is 276. The van der Waals surface area contributed by atoms with Crippen LogP contribution in [0.1, 0.15) is 12.8 Å². The van der Waals surface area contributed by atoms with Crippen molar-refractivity contribution >= 4 is 5.97 Å². The third kappa shape index (κ3) is 0.986. The van der Waals surface area contributed by atoms with E-state index in [2.05, 4.69) is 11.3 Å². The van der Waals surface area contributed by atoms with Crippen molar-refractivity contribution < 1.29 is 9.53 Å². The SMILES string of the molecule is C=C1C(C(=O)OC)=CCC2CC12. The molecule has 1 saturated carbocycles. The predicted octanol–water partition coefficient (Wildman–Crippen LogP) is 1.68. The molecule has 0 N–H and O–H groups in total. The first-order valence-electron chi connectivity index (χ1n) is 4.21. The highest BCUT2D eigenvalue weighted by atomic mass is 16.5. The highest BCUT2D eigenvalue weighted by Gasteiger charge is 2.43. The molecule has 2 unspecified atom stereocenters. The maximum atomic E-state index is 11.2. The lowest BCUT2D eigenvalue weighted by molar-refractivity contribution is -0.135.